The van der Waals surface area contributed by atoms with Gasteiger partial charge in [0, 0.05) is 18.5 Å². The fourth-order valence-corrected chi connectivity index (χ4v) is 2.29. The molecule has 124 valence electrons. The van der Waals surface area contributed by atoms with Crippen molar-refractivity contribution in [2.75, 3.05) is 13.2 Å². The third kappa shape index (κ3) is 6.48. The molecule has 1 aromatic carbocycles. The first-order valence-corrected chi connectivity index (χ1v) is 8.15. The Morgan fingerprint density at radius 3 is 2.45 bits per heavy atom. The molecule has 0 spiro atoms. The Balaban J connectivity index is 2.94. The standard InChI is InChI=1S/C18H30N2O2/c1-13(2)11-16(20-18(21)9-10-19)15-7-5-6-8-17(15)22-12-14(3)4/h5-8,13-14,16H,9-12,19H2,1-4H3,(H,20,21). The van der Waals surface area contributed by atoms with E-state index in [1.807, 2.05) is 24.3 Å². The number of ether oxygens (including phenoxy) is 1. The summed E-state index contributed by atoms with van der Waals surface area (Å²) in [5.41, 5.74) is 6.51. The molecule has 4 heteroatoms. The molecule has 0 bridgehead atoms. The molecule has 0 saturated heterocycles. The molecular formula is C18H30N2O2. The van der Waals surface area contributed by atoms with Gasteiger partial charge in [0.15, 0.2) is 0 Å². The van der Waals surface area contributed by atoms with Crippen LogP contribution in [0.25, 0.3) is 0 Å². The minimum absolute atomic E-state index is 0.00758. The van der Waals surface area contributed by atoms with Crippen LogP contribution >= 0.6 is 0 Å². The van der Waals surface area contributed by atoms with Crippen LogP contribution in [-0.4, -0.2) is 19.1 Å². The highest BCUT2D eigenvalue weighted by atomic mass is 16.5. The summed E-state index contributed by atoms with van der Waals surface area (Å²) in [6.45, 7) is 9.59. The summed E-state index contributed by atoms with van der Waals surface area (Å²) in [6, 6.07) is 7.92. The summed E-state index contributed by atoms with van der Waals surface area (Å²) in [5.74, 6) is 1.78. The Morgan fingerprint density at radius 1 is 1.18 bits per heavy atom. The minimum atomic E-state index is -0.0394. The van der Waals surface area contributed by atoms with Gasteiger partial charge in [0.2, 0.25) is 5.91 Å². The lowest BCUT2D eigenvalue weighted by Gasteiger charge is -2.24. The van der Waals surface area contributed by atoms with Crippen molar-refractivity contribution in [3.8, 4) is 5.75 Å². The first-order chi connectivity index (χ1) is 10.4. The summed E-state index contributed by atoms with van der Waals surface area (Å²) in [4.78, 5) is 12.0. The molecule has 0 aliphatic heterocycles. The highest BCUT2D eigenvalue weighted by Gasteiger charge is 2.19. The van der Waals surface area contributed by atoms with Gasteiger partial charge in [-0.3, -0.25) is 4.79 Å². The molecule has 1 aromatic rings. The molecule has 0 fully saturated rings. The Kier molecular flexibility index (Phi) is 7.96. The minimum Gasteiger partial charge on any atom is -0.493 e. The van der Waals surface area contributed by atoms with E-state index in [4.69, 9.17) is 10.5 Å². The number of rotatable bonds is 9. The molecule has 0 aliphatic rings. The fraction of sp³-hybridized carbons (Fsp3) is 0.611. The lowest BCUT2D eigenvalue weighted by Crippen LogP contribution is -2.31. The van der Waals surface area contributed by atoms with Gasteiger partial charge in [0.1, 0.15) is 5.75 Å². The number of hydrogen-bond donors (Lipinski definition) is 2. The van der Waals surface area contributed by atoms with Gasteiger partial charge in [0.05, 0.1) is 12.6 Å². The van der Waals surface area contributed by atoms with Crippen molar-refractivity contribution in [2.24, 2.45) is 17.6 Å². The van der Waals surface area contributed by atoms with Crippen molar-refractivity contribution < 1.29 is 9.53 Å². The SMILES string of the molecule is CC(C)COc1ccccc1C(CC(C)C)NC(=O)CCN. The number of para-hydroxylation sites is 1. The van der Waals surface area contributed by atoms with Gasteiger partial charge in [-0.1, -0.05) is 45.9 Å². The first-order valence-electron chi connectivity index (χ1n) is 8.15. The highest BCUT2D eigenvalue weighted by molar-refractivity contribution is 5.76. The van der Waals surface area contributed by atoms with Crippen LogP contribution in [0.4, 0.5) is 0 Å². The van der Waals surface area contributed by atoms with E-state index in [1.54, 1.807) is 0 Å². The van der Waals surface area contributed by atoms with E-state index in [2.05, 4.69) is 33.0 Å². The number of nitrogens with one attached hydrogen (secondary N) is 1. The molecule has 1 atom stereocenters. The van der Waals surface area contributed by atoms with Crippen LogP contribution < -0.4 is 15.8 Å². The van der Waals surface area contributed by atoms with Crippen LogP contribution in [0.15, 0.2) is 24.3 Å². The average molecular weight is 306 g/mol. The van der Waals surface area contributed by atoms with Crippen molar-refractivity contribution in [2.45, 2.75) is 46.6 Å². The summed E-state index contributed by atoms with van der Waals surface area (Å²) in [5, 5.41) is 3.09. The van der Waals surface area contributed by atoms with E-state index in [-0.39, 0.29) is 11.9 Å². The summed E-state index contributed by atoms with van der Waals surface area (Å²) >= 11 is 0. The van der Waals surface area contributed by atoms with E-state index in [9.17, 15) is 4.79 Å². The van der Waals surface area contributed by atoms with E-state index >= 15 is 0 Å². The average Bonchev–Trinajstić information content (AvgIpc) is 2.44. The molecule has 4 nitrogen and oxygen atoms in total. The third-order valence-electron chi connectivity index (χ3n) is 3.28. The summed E-state index contributed by atoms with van der Waals surface area (Å²) in [6.07, 6.45) is 1.22. The van der Waals surface area contributed by atoms with Crippen LogP contribution in [-0.2, 0) is 4.79 Å². The smallest absolute Gasteiger partial charge is 0.221 e. The molecule has 1 unspecified atom stereocenters. The molecule has 0 heterocycles. The van der Waals surface area contributed by atoms with Gasteiger partial charge in [-0.05, 0) is 24.3 Å². The second-order valence-electron chi connectivity index (χ2n) is 6.53. The maximum atomic E-state index is 12.0. The molecule has 1 rings (SSSR count). The molecule has 0 saturated carbocycles. The van der Waals surface area contributed by atoms with E-state index in [0.717, 1.165) is 17.7 Å². The van der Waals surface area contributed by atoms with E-state index < -0.39 is 0 Å². The zero-order chi connectivity index (χ0) is 16.5. The van der Waals surface area contributed by atoms with E-state index in [1.165, 1.54) is 0 Å². The normalized spacial score (nSPS) is 12.5. The molecule has 0 aromatic heterocycles. The lowest BCUT2D eigenvalue weighted by atomic mass is 9.96. The van der Waals surface area contributed by atoms with Crippen molar-refractivity contribution in [1.82, 2.24) is 5.32 Å². The Hall–Kier alpha value is -1.55. The quantitative estimate of drug-likeness (QED) is 0.736. The zero-order valence-electron chi connectivity index (χ0n) is 14.3. The second-order valence-corrected chi connectivity index (χ2v) is 6.53. The van der Waals surface area contributed by atoms with Crippen molar-refractivity contribution in [1.29, 1.82) is 0 Å². The van der Waals surface area contributed by atoms with Crippen molar-refractivity contribution in [3.05, 3.63) is 29.8 Å². The first kappa shape index (κ1) is 18.5. The van der Waals surface area contributed by atoms with Crippen LogP contribution in [0.5, 0.6) is 5.75 Å². The Bertz CT molecular complexity index is 458. The molecule has 22 heavy (non-hydrogen) atoms. The highest BCUT2D eigenvalue weighted by Crippen LogP contribution is 2.30. The number of carbonyl (C=O) groups excluding carboxylic acids is 1. The second kappa shape index (κ2) is 9.46. The summed E-state index contributed by atoms with van der Waals surface area (Å²) in [7, 11) is 0. The number of benzene rings is 1. The fourth-order valence-electron chi connectivity index (χ4n) is 2.29. The van der Waals surface area contributed by atoms with Gasteiger partial charge in [-0.25, -0.2) is 0 Å². The monoisotopic (exact) mass is 306 g/mol. The number of hydrogen-bond acceptors (Lipinski definition) is 3. The van der Waals surface area contributed by atoms with Gasteiger partial charge in [-0.15, -0.1) is 0 Å². The molecule has 3 N–H and O–H groups in total. The van der Waals surface area contributed by atoms with Gasteiger partial charge in [0.25, 0.3) is 0 Å². The van der Waals surface area contributed by atoms with Crippen molar-refractivity contribution >= 4 is 5.91 Å². The maximum Gasteiger partial charge on any atom is 0.221 e. The molecule has 0 radical (unpaired) electrons. The topological polar surface area (TPSA) is 64.3 Å². The van der Waals surface area contributed by atoms with Crippen LogP contribution in [0.2, 0.25) is 0 Å². The Morgan fingerprint density at radius 2 is 1.86 bits per heavy atom. The molecule has 0 aliphatic carbocycles. The van der Waals surface area contributed by atoms with Gasteiger partial charge >= 0.3 is 0 Å². The maximum absolute atomic E-state index is 12.0. The Labute approximate surface area is 134 Å². The largest absolute Gasteiger partial charge is 0.493 e. The van der Waals surface area contributed by atoms with Gasteiger partial charge in [-0.2, -0.15) is 0 Å². The predicted molar refractivity (Wildman–Crippen MR) is 90.8 cm³/mol. The molecular weight excluding hydrogens is 276 g/mol. The van der Waals surface area contributed by atoms with Crippen molar-refractivity contribution in [3.63, 3.8) is 0 Å². The predicted octanol–water partition coefficient (Wildman–Crippen LogP) is 3.27. The third-order valence-corrected chi connectivity index (χ3v) is 3.28. The van der Waals surface area contributed by atoms with Crippen LogP contribution in [0.3, 0.4) is 0 Å². The number of nitrogens with two attached hydrogens (primary N) is 1. The lowest BCUT2D eigenvalue weighted by molar-refractivity contribution is -0.121. The van der Waals surface area contributed by atoms with E-state index in [0.29, 0.717) is 31.4 Å². The van der Waals surface area contributed by atoms with Crippen LogP contribution in [0, 0.1) is 11.8 Å². The summed E-state index contributed by atoms with van der Waals surface area (Å²) < 4.78 is 5.93. The van der Waals surface area contributed by atoms with Gasteiger partial charge < -0.3 is 15.8 Å². The number of carbonyl (C=O) groups is 1. The number of amides is 1. The zero-order valence-corrected chi connectivity index (χ0v) is 14.3. The van der Waals surface area contributed by atoms with Crippen LogP contribution in [0.1, 0.15) is 52.1 Å². The molecule has 1 amide bonds.